The summed E-state index contributed by atoms with van der Waals surface area (Å²) in [5.41, 5.74) is -0.997. The third kappa shape index (κ3) is 3.21. The summed E-state index contributed by atoms with van der Waals surface area (Å²) in [6, 6.07) is 2.86. The molecule has 0 spiro atoms. The zero-order chi connectivity index (χ0) is 15.8. The van der Waals surface area contributed by atoms with Gasteiger partial charge >= 0.3 is 6.18 Å². The van der Waals surface area contributed by atoms with Crippen molar-refractivity contribution >= 4 is 0 Å². The van der Waals surface area contributed by atoms with Crippen LogP contribution in [0.1, 0.15) is 31.4 Å². The van der Waals surface area contributed by atoms with Crippen molar-refractivity contribution in [2.75, 3.05) is 7.11 Å². The zero-order valence-corrected chi connectivity index (χ0v) is 12.2. The molecule has 0 bridgehead atoms. The van der Waals surface area contributed by atoms with Crippen molar-refractivity contribution in [3.8, 4) is 0 Å². The minimum absolute atomic E-state index is 0.0552. The van der Waals surface area contributed by atoms with Gasteiger partial charge in [0.15, 0.2) is 0 Å². The standard InChI is InChI=1S/C15H19F4NO/c1-14(2)12(7-13(14)21-3)20-8-9-4-5-10(16)6-11(9)15(17,18)19/h4-6,12-13,20H,7-8H2,1-3H3. The highest BCUT2D eigenvalue weighted by Gasteiger charge is 2.48. The lowest BCUT2D eigenvalue weighted by Crippen LogP contribution is -2.60. The molecule has 0 aliphatic heterocycles. The van der Waals surface area contributed by atoms with E-state index >= 15 is 0 Å². The van der Waals surface area contributed by atoms with Gasteiger partial charge in [-0.2, -0.15) is 13.2 Å². The van der Waals surface area contributed by atoms with Crippen LogP contribution < -0.4 is 5.32 Å². The van der Waals surface area contributed by atoms with E-state index in [1.165, 1.54) is 6.07 Å². The predicted molar refractivity (Wildman–Crippen MR) is 71.2 cm³/mol. The number of hydrogen-bond acceptors (Lipinski definition) is 2. The van der Waals surface area contributed by atoms with Gasteiger partial charge in [0.2, 0.25) is 0 Å². The van der Waals surface area contributed by atoms with Gasteiger partial charge in [-0.15, -0.1) is 0 Å². The Morgan fingerprint density at radius 1 is 1.33 bits per heavy atom. The summed E-state index contributed by atoms with van der Waals surface area (Å²) in [4.78, 5) is 0. The summed E-state index contributed by atoms with van der Waals surface area (Å²) in [5.74, 6) is -0.880. The largest absolute Gasteiger partial charge is 0.416 e. The number of ether oxygens (including phenoxy) is 1. The van der Waals surface area contributed by atoms with E-state index in [9.17, 15) is 17.6 Å². The van der Waals surface area contributed by atoms with Gasteiger partial charge in [-0.1, -0.05) is 19.9 Å². The predicted octanol–water partition coefficient (Wildman–Crippen LogP) is 3.75. The molecule has 2 rings (SSSR count). The van der Waals surface area contributed by atoms with Gasteiger partial charge < -0.3 is 10.1 Å². The van der Waals surface area contributed by atoms with E-state index in [4.69, 9.17) is 4.74 Å². The van der Waals surface area contributed by atoms with Crippen LogP contribution in [0.3, 0.4) is 0 Å². The summed E-state index contributed by atoms with van der Waals surface area (Å²) in [5, 5.41) is 3.12. The third-order valence-electron chi connectivity index (χ3n) is 4.38. The summed E-state index contributed by atoms with van der Waals surface area (Å²) >= 11 is 0. The number of rotatable bonds is 4. The molecule has 0 amide bonds. The zero-order valence-electron chi connectivity index (χ0n) is 12.2. The molecule has 1 fully saturated rings. The molecule has 1 aromatic carbocycles. The molecule has 1 aliphatic rings. The molecule has 1 saturated carbocycles. The molecule has 2 atom stereocenters. The monoisotopic (exact) mass is 305 g/mol. The molecule has 2 unspecified atom stereocenters. The first-order chi connectivity index (χ1) is 9.66. The van der Waals surface area contributed by atoms with Crippen molar-refractivity contribution in [1.82, 2.24) is 5.32 Å². The van der Waals surface area contributed by atoms with Gasteiger partial charge in [-0.25, -0.2) is 4.39 Å². The fraction of sp³-hybridized carbons (Fsp3) is 0.600. The smallest absolute Gasteiger partial charge is 0.381 e. The molecule has 2 nitrogen and oxygen atoms in total. The number of methoxy groups -OCH3 is 1. The minimum Gasteiger partial charge on any atom is -0.381 e. The number of benzene rings is 1. The summed E-state index contributed by atoms with van der Waals surface area (Å²) < 4.78 is 57.1. The fourth-order valence-corrected chi connectivity index (χ4v) is 2.83. The first-order valence-electron chi connectivity index (χ1n) is 6.78. The third-order valence-corrected chi connectivity index (χ3v) is 4.38. The Hall–Kier alpha value is -1.14. The van der Waals surface area contributed by atoms with Crippen LogP contribution in [0, 0.1) is 11.2 Å². The molecule has 118 valence electrons. The van der Waals surface area contributed by atoms with Crippen LogP contribution in [0.4, 0.5) is 17.6 Å². The van der Waals surface area contributed by atoms with Crippen molar-refractivity contribution in [3.63, 3.8) is 0 Å². The number of hydrogen-bond donors (Lipinski definition) is 1. The lowest BCUT2D eigenvalue weighted by Gasteiger charge is -2.51. The maximum atomic E-state index is 13.0. The van der Waals surface area contributed by atoms with E-state index in [2.05, 4.69) is 5.32 Å². The number of nitrogens with one attached hydrogen (secondary N) is 1. The van der Waals surface area contributed by atoms with Gasteiger partial charge in [0, 0.05) is 25.1 Å². The van der Waals surface area contributed by atoms with Crippen molar-refractivity contribution in [2.45, 2.75) is 45.1 Å². The van der Waals surface area contributed by atoms with E-state index in [-0.39, 0.29) is 29.7 Å². The molecule has 6 heteroatoms. The Morgan fingerprint density at radius 3 is 2.52 bits per heavy atom. The van der Waals surface area contributed by atoms with Gasteiger partial charge in [0.05, 0.1) is 11.7 Å². The molecule has 21 heavy (non-hydrogen) atoms. The second kappa shape index (κ2) is 5.57. The van der Waals surface area contributed by atoms with Crippen LogP contribution >= 0.6 is 0 Å². The lowest BCUT2D eigenvalue weighted by atomic mass is 9.64. The molecular formula is C15H19F4NO. The van der Waals surface area contributed by atoms with Crippen LogP contribution in [0.25, 0.3) is 0 Å². The van der Waals surface area contributed by atoms with E-state index < -0.39 is 17.6 Å². The normalized spacial score (nSPS) is 24.7. The first-order valence-corrected chi connectivity index (χ1v) is 6.78. The Labute approximate surface area is 121 Å². The highest BCUT2D eigenvalue weighted by molar-refractivity contribution is 5.30. The highest BCUT2D eigenvalue weighted by atomic mass is 19.4. The molecular weight excluding hydrogens is 286 g/mol. The van der Waals surface area contributed by atoms with E-state index in [1.807, 2.05) is 13.8 Å². The van der Waals surface area contributed by atoms with Gasteiger partial charge in [-0.3, -0.25) is 0 Å². The molecule has 0 saturated heterocycles. The average molecular weight is 305 g/mol. The van der Waals surface area contributed by atoms with Crippen molar-refractivity contribution < 1.29 is 22.3 Å². The Balaban J connectivity index is 2.08. The summed E-state index contributed by atoms with van der Waals surface area (Å²) in [6.45, 7) is 4.08. The molecule has 0 heterocycles. The van der Waals surface area contributed by atoms with Crippen LogP contribution in [-0.4, -0.2) is 19.3 Å². The quantitative estimate of drug-likeness (QED) is 0.856. The summed E-state index contributed by atoms with van der Waals surface area (Å²) in [6.07, 6.45) is -3.69. The Bertz CT molecular complexity index is 513. The molecule has 0 aromatic heterocycles. The van der Waals surface area contributed by atoms with Gasteiger partial charge in [0.25, 0.3) is 0 Å². The fourth-order valence-electron chi connectivity index (χ4n) is 2.83. The van der Waals surface area contributed by atoms with Crippen molar-refractivity contribution in [3.05, 3.63) is 35.1 Å². The SMILES string of the molecule is COC1CC(NCc2ccc(F)cc2C(F)(F)F)C1(C)C. The highest BCUT2D eigenvalue weighted by Crippen LogP contribution is 2.42. The van der Waals surface area contributed by atoms with Crippen molar-refractivity contribution in [1.29, 1.82) is 0 Å². The van der Waals surface area contributed by atoms with Crippen molar-refractivity contribution in [2.24, 2.45) is 5.41 Å². The van der Waals surface area contributed by atoms with E-state index in [0.717, 1.165) is 12.5 Å². The minimum atomic E-state index is -4.55. The Morgan fingerprint density at radius 2 is 2.00 bits per heavy atom. The Kier molecular flexibility index (Phi) is 4.31. The van der Waals surface area contributed by atoms with E-state index in [0.29, 0.717) is 6.07 Å². The average Bonchev–Trinajstić information content (AvgIpc) is 2.38. The second-order valence-electron chi connectivity index (χ2n) is 6.01. The van der Waals surface area contributed by atoms with Gasteiger partial charge in [0.1, 0.15) is 5.82 Å². The van der Waals surface area contributed by atoms with Crippen LogP contribution in [0.2, 0.25) is 0 Å². The van der Waals surface area contributed by atoms with Gasteiger partial charge in [-0.05, 0) is 24.1 Å². The number of halogens is 4. The molecule has 0 radical (unpaired) electrons. The topological polar surface area (TPSA) is 21.3 Å². The summed E-state index contributed by atoms with van der Waals surface area (Å²) in [7, 11) is 1.63. The number of alkyl halides is 3. The molecule has 1 aliphatic carbocycles. The molecule has 1 N–H and O–H groups in total. The maximum absolute atomic E-state index is 13.0. The van der Waals surface area contributed by atoms with Crippen LogP contribution in [0.5, 0.6) is 0 Å². The van der Waals surface area contributed by atoms with Crippen LogP contribution in [0.15, 0.2) is 18.2 Å². The van der Waals surface area contributed by atoms with E-state index in [1.54, 1.807) is 7.11 Å². The first kappa shape index (κ1) is 16.2. The maximum Gasteiger partial charge on any atom is 0.416 e. The lowest BCUT2D eigenvalue weighted by molar-refractivity contribution is -0.138. The molecule has 1 aromatic rings. The second-order valence-corrected chi connectivity index (χ2v) is 6.01. The van der Waals surface area contributed by atoms with Crippen LogP contribution in [-0.2, 0) is 17.5 Å².